The highest BCUT2D eigenvalue weighted by atomic mass is 16.2. The summed E-state index contributed by atoms with van der Waals surface area (Å²) in [4.78, 5) is 14.4. The molecule has 0 saturated heterocycles. The van der Waals surface area contributed by atoms with E-state index in [4.69, 9.17) is 5.73 Å². The van der Waals surface area contributed by atoms with Crippen LogP contribution in [0, 0.1) is 0 Å². The van der Waals surface area contributed by atoms with E-state index in [1.54, 1.807) is 0 Å². The van der Waals surface area contributed by atoms with Crippen LogP contribution < -0.4 is 11.1 Å². The zero-order valence-corrected chi connectivity index (χ0v) is 12.1. The lowest BCUT2D eigenvalue weighted by Crippen LogP contribution is -2.45. The van der Waals surface area contributed by atoms with Crippen LogP contribution in [0.1, 0.15) is 37.7 Å². The average Bonchev–Trinajstić information content (AvgIpc) is 3.01. The third kappa shape index (κ3) is 4.23. The normalized spacial score (nSPS) is 15.2. The minimum Gasteiger partial charge on any atom is -0.334 e. The second-order valence-corrected chi connectivity index (χ2v) is 5.42. The van der Waals surface area contributed by atoms with E-state index in [9.17, 15) is 4.79 Å². The summed E-state index contributed by atoms with van der Waals surface area (Å²) in [5.74, 6) is 0. The number of hydrogen-bond donors (Lipinski definition) is 2. The van der Waals surface area contributed by atoms with Gasteiger partial charge in [-0.1, -0.05) is 43.2 Å². The first-order valence-corrected chi connectivity index (χ1v) is 7.59. The van der Waals surface area contributed by atoms with Gasteiger partial charge in [0, 0.05) is 19.1 Å². The van der Waals surface area contributed by atoms with Crippen LogP contribution in [-0.2, 0) is 6.54 Å². The molecular weight excluding hydrogens is 250 g/mol. The molecule has 0 bridgehead atoms. The summed E-state index contributed by atoms with van der Waals surface area (Å²) in [7, 11) is 0. The Morgan fingerprint density at radius 1 is 1.25 bits per heavy atom. The Kier molecular flexibility index (Phi) is 5.87. The number of nitrogens with zero attached hydrogens (tertiary/aromatic N) is 1. The van der Waals surface area contributed by atoms with Gasteiger partial charge in [-0.15, -0.1) is 0 Å². The molecular formula is C16H25N3O. The molecule has 110 valence electrons. The van der Waals surface area contributed by atoms with Crippen molar-refractivity contribution < 1.29 is 4.79 Å². The fourth-order valence-corrected chi connectivity index (χ4v) is 2.80. The molecule has 0 radical (unpaired) electrons. The van der Waals surface area contributed by atoms with Crippen LogP contribution in [0.2, 0.25) is 0 Å². The number of rotatable bonds is 6. The molecule has 1 aliphatic carbocycles. The smallest absolute Gasteiger partial charge is 0.317 e. The molecule has 0 spiro atoms. The monoisotopic (exact) mass is 275 g/mol. The Labute approximate surface area is 121 Å². The van der Waals surface area contributed by atoms with Crippen LogP contribution in [0.3, 0.4) is 0 Å². The van der Waals surface area contributed by atoms with Crippen LogP contribution >= 0.6 is 0 Å². The summed E-state index contributed by atoms with van der Waals surface area (Å²) in [6, 6.07) is 10.5. The number of carbonyl (C=O) groups excluding carboxylic acids is 1. The number of nitrogens with two attached hydrogens (primary N) is 1. The standard InChI is InChI=1S/C16H25N3O/c17-11-6-12-19(15-9-4-5-10-15)16(20)18-13-14-7-2-1-3-8-14/h1-3,7-8,15H,4-6,9-13,17H2,(H,18,20). The molecule has 2 amide bonds. The molecule has 1 saturated carbocycles. The van der Waals surface area contributed by atoms with Crippen molar-refractivity contribution in [3.8, 4) is 0 Å². The number of nitrogens with one attached hydrogen (secondary N) is 1. The van der Waals surface area contributed by atoms with Crippen molar-refractivity contribution in [1.82, 2.24) is 10.2 Å². The molecule has 1 aromatic carbocycles. The van der Waals surface area contributed by atoms with E-state index >= 15 is 0 Å². The number of urea groups is 1. The van der Waals surface area contributed by atoms with E-state index in [0.29, 0.717) is 19.1 Å². The zero-order chi connectivity index (χ0) is 14.2. The molecule has 1 aromatic rings. The van der Waals surface area contributed by atoms with Crippen molar-refractivity contribution in [2.45, 2.75) is 44.7 Å². The van der Waals surface area contributed by atoms with Crippen molar-refractivity contribution in [2.75, 3.05) is 13.1 Å². The SMILES string of the molecule is NCCCN(C(=O)NCc1ccccc1)C1CCCC1. The number of hydrogen-bond acceptors (Lipinski definition) is 2. The Morgan fingerprint density at radius 3 is 2.60 bits per heavy atom. The van der Waals surface area contributed by atoms with Crippen molar-refractivity contribution in [1.29, 1.82) is 0 Å². The summed E-state index contributed by atoms with van der Waals surface area (Å²) >= 11 is 0. The fourth-order valence-electron chi connectivity index (χ4n) is 2.80. The van der Waals surface area contributed by atoms with Gasteiger partial charge in [-0.2, -0.15) is 0 Å². The maximum Gasteiger partial charge on any atom is 0.317 e. The van der Waals surface area contributed by atoms with Gasteiger partial charge in [-0.05, 0) is 31.4 Å². The molecule has 0 heterocycles. The van der Waals surface area contributed by atoms with Crippen LogP contribution in [-0.4, -0.2) is 30.1 Å². The predicted octanol–water partition coefficient (Wildman–Crippen LogP) is 2.49. The zero-order valence-electron chi connectivity index (χ0n) is 12.1. The van der Waals surface area contributed by atoms with Gasteiger partial charge in [0.1, 0.15) is 0 Å². The van der Waals surface area contributed by atoms with Gasteiger partial charge in [0.05, 0.1) is 0 Å². The molecule has 4 nitrogen and oxygen atoms in total. The molecule has 20 heavy (non-hydrogen) atoms. The predicted molar refractivity (Wildman–Crippen MR) is 81.3 cm³/mol. The summed E-state index contributed by atoms with van der Waals surface area (Å²) < 4.78 is 0. The van der Waals surface area contributed by atoms with Crippen molar-refractivity contribution in [3.63, 3.8) is 0 Å². The third-order valence-electron chi connectivity index (χ3n) is 3.92. The highest BCUT2D eigenvalue weighted by Gasteiger charge is 2.25. The fraction of sp³-hybridized carbons (Fsp3) is 0.562. The summed E-state index contributed by atoms with van der Waals surface area (Å²) in [5.41, 5.74) is 6.71. The maximum atomic E-state index is 12.4. The minimum absolute atomic E-state index is 0.0502. The second kappa shape index (κ2) is 7.90. The molecule has 0 aliphatic heterocycles. The van der Waals surface area contributed by atoms with Crippen LogP contribution in [0.15, 0.2) is 30.3 Å². The lowest BCUT2D eigenvalue weighted by molar-refractivity contribution is 0.174. The summed E-state index contributed by atoms with van der Waals surface area (Å²) in [5, 5.41) is 3.03. The van der Waals surface area contributed by atoms with Gasteiger partial charge in [0.15, 0.2) is 0 Å². The summed E-state index contributed by atoms with van der Waals surface area (Å²) in [6.07, 6.45) is 5.59. The Bertz CT molecular complexity index is 401. The average molecular weight is 275 g/mol. The maximum absolute atomic E-state index is 12.4. The lowest BCUT2D eigenvalue weighted by atomic mass is 10.2. The molecule has 1 aliphatic rings. The third-order valence-corrected chi connectivity index (χ3v) is 3.92. The first kappa shape index (κ1) is 14.9. The van der Waals surface area contributed by atoms with Crippen molar-refractivity contribution >= 4 is 6.03 Å². The molecule has 0 aromatic heterocycles. The first-order valence-electron chi connectivity index (χ1n) is 7.59. The topological polar surface area (TPSA) is 58.4 Å². The number of carbonyl (C=O) groups is 1. The quantitative estimate of drug-likeness (QED) is 0.838. The second-order valence-electron chi connectivity index (χ2n) is 5.42. The van der Waals surface area contributed by atoms with Gasteiger partial charge in [0.2, 0.25) is 0 Å². The molecule has 2 rings (SSSR count). The van der Waals surface area contributed by atoms with E-state index in [1.165, 1.54) is 12.8 Å². The molecule has 3 N–H and O–H groups in total. The van der Waals surface area contributed by atoms with Crippen molar-refractivity contribution in [2.24, 2.45) is 5.73 Å². The van der Waals surface area contributed by atoms with Crippen molar-refractivity contribution in [3.05, 3.63) is 35.9 Å². The van der Waals surface area contributed by atoms with E-state index in [-0.39, 0.29) is 6.03 Å². The number of amides is 2. The number of benzene rings is 1. The van der Waals surface area contributed by atoms with Crippen LogP contribution in [0.5, 0.6) is 0 Å². The van der Waals surface area contributed by atoms with E-state index in [1.807, 2.05) is 35.2 Å². The lowest BCUT2D eigenvalue weighted by Gasteiger charge is -2.29. The molecule has 0 unspecified atom stereocenters. The van der Waals surface area contributed by atoms with Gasteiger partial charge in [-0.3, -0.25) is 0 Å². The molecule has 1 fully saturated rings. The molecule has 0 atom stereocenters. The Morgan fingerprint density at radius 2 is 1.95 bits per heavy atom. The Hall–Kier alpha value is -1.55. The Balaban J connectivity index is 1.88. The van der Waals surface area contributed by atoms with Gasteiger partial charge in [0.25, 0.3) is 0 Å². The van der Waals surface area contributed by atoms with Gasteiger partial charge < -0.3 is 16.0 Å². The van der Waals surface area contributed by atoms with Crippen LogP contribution in [0.25, 0.3) is 0 Å². The van der Waals surface area contributed by atoms with E-state index < -0.39 is 0 Å². The van der Waals surface area contributed by atoms with Gasteiger partial charge in [-0.25, -0.2) is 4.79 Å². The minimum atomic E-state index is 0.0502. The van der Waals surface area contributed by atoms with E-state index in [2.05, 4.69) is 5.32 Å². The highest BCUT2D eigenvalue weighted by Crippen LogP contribution is 2.23. The summed E-state index contributed by atoms with van der Waals surface area (Å²) in [6.45, 7) is 1.99. The largest absolute Gasteiger partial charge is 0.334 e. The van der Waals surface area contributed by atoms with Crippen LogP contribution in [0.4, 0.5) is 4.79 Å². The van der Waals surface area contributed by atoms with Gasteiger partial charge >= 0.3 is 6.03 Å². The molecule has 4 heteroatoms. The van der Waals surface area contributed by atoms with E-state index in [0.717, 1.165) is 31.4 Å². The first-order chi connectivity index (χ1) is 9.81. The highest BCUT2D eigenvalue weighted by molar-refractivity contribution is 5.74.